The zero-order valence-electron chi connectivity index (χ0n) is 8.71. The second kappa shape index (κ2) is 4.16. The summed E-state index contributed by atoms with van der Waals surface area (Å²) < 4.78 is 37.6. The Morgan fingerprint density at radius 1 is 1.28 bits per heavy atom. The summed E-state index contributed by atoms with van der Waals surface area (Å²) in [6.07, 6.45) is -4.57. The van der Waals surface area contributed by atoms with Crippen LogP contribution in [0.15, 0.2) is 18.2 Å². The fourth-order valence-corrected chi connectivity index (χ4v) is 1.73. The number of alkyl halides is 3. The first-order chi connectivity index (χ1) is 8.30. The number of anilines is 1. The summed E-state index contributed by atoms with van der Waals surface area (Å²) in [5.41, 5.74) is -1.25. The molecule has 18 heavy (non-hydrogen) atoms. The van der Waals surface area contributed by atoms with Crippen molar-refractivity contribution >= 4 is 29.2 Å². The Bertz CT molecular complexity index is 514. The molecule has 0 aromatic heterocycles. The molecule has 1 aromatic carbocycles. The standard InChI is InChI=1S/C10H6ClF3N2O2/c11-6-2-1-5(10(12,13)14)3-7(6)16-8(17)4-15-9(16)18/h1-3H,4H2,(H,15,18). The van der Waals surface area contributed by atoms with Gasteiger partial charge in [0.05, 0.1) is 22.8 Å². The number of nitrogens with one attached hydrogen (secondary N) is 1. The number of carbonyl (C=O) groups excluding carboxylic acids is 2. The molecule has 0 saturated carbocycles. The van der Waals surface area contributed by atoms with Crippen molar-refractivity contribution in [3.63, 3.8) is 0 Å². The molecule has 1 aliphatic heterocycles. The average molecular weight is 279 g/mol. The van der Waals surface area contributed by atoms with Crippen molar-refractivity contribution < 1.29 is 22.8 Å². The van der Waals surface area contributed by atoms with Crippen molar-refractivity contribution in [2.45, 2.75) is 6.18 Å². The molecule has 0 unspecified atom stereocenters. The Morgan fingerprint density at radius 2 is 1.94 bits per heavy atom. The first-order valence-electron chi connectivity index (χ1n) is 4.78. The summed E-state index contributed by atoms with van der Waals surface area (Å²) in [6, 6.07) is 1.66. The van der Waals surface area contributed by atoms with Gasteiger partial charge in [-0.15, -0.1) is 0 Å². The summed E-state index contributed by atoms with van der Waals surface area (Å²) in [4.78, 5) is 23.3. The molecule has 1 N–H and O–H groups in total. The smallest absolute Gasteiger partial charge is 0.328 e. The van der Waals surface area contributed by atoms with E-state index in [0.717, 1.165) is 12.1 Å². The van der Waals surface area contributed by atoms with Crippen molar-refractivity contribution in [2.75, 3.05) is 11.4 Å². The van der Waals surface area contributed by atoms with E-state index in [-0.39, 0.29) is 17.3 Å². The second-order valence-electron chi connectivity index (χ2n) is 3.55. The van der Waals surface area contributed by atoms with E-state index in [2.05, 4.69) is 5.32 Å². The van der Waals surface area contributed by atoms with Crippen molar-refractivity contribution in [3.05, 3.63) is 28.8 Å². The number of benzene rings is 1. The number of imide groups is 1. The number of halogens is 4. The lowest BCUT2D eigenvalue weighted by Crippen LogP contribution is -2.31. The average Bonchev–Trinajstić information content (AvgIpc) is 2.58. The third kappa shape index (κ3) is 2.13. The number of urea groups is 1. The normalized spacial score (nSPS) is 16.1. The summed E-state index contributed by atoms with van der Waals surface area (Å²) in [7, 11) is 0. The van der Waals surface area contributed by atoms with Crippen LogP contribution in [-0.4, -0.2) is 18.5 Å². The van der Waals surface area contributed by atoms with Crippen LogP contribution in [0.3, 0.4) is 0 Å². The summed E-state index contributed by atoms with van der Waals surface area (Å²) in [5, 5.41) is 2.10. The number of rotatable bonds is 1. The molecule has 1 aromatic rings. The first-order valence-corrected chi connectivity index (χ1v) is 5.16. The minimum Gasteiger partial charge on any atom is -0.328 e. The lowest BCUT2D eigenvalue weighted by Gasteiger charge is -2.16. The molecule has 2 rings (SSSR count). The van der Waals surface area contributed by atoms with Crippen LogP contribution in [0.1, 0.15) is 5.56 Å². The number of nitrogens with zero attached hydrogens (tertiary/aromatic N) is 1. The van der Waals surface area contributed by atoms with Crippen molar-refractivity contribution in [2.24, 2.45) is 0 Å². The van der Waals surface area contributed by atoms with Gasteiger partial charge in [-0.25, -0.2) is 9.69 Å². The molecule has 0 atom stereocenters. The molecule has 1 fully saturated rings. The third-order valence-corrected chi connectivity index (χ3v) is 2.68. The van der Waals surface area contributed by atoms with Crippen LogP contribution >= 0.6 is 11.6 Å². The maximum absolute atomic E-state index is 12.5. The largest absolute Gasteiger partial charge is 0.416 e. The molecule has 96 valence electrons. The SMILES string of the molecule is O=C1CNC(=O)N1c1cc(C(F)(F)F)ccc1Cl. The van der Waals surface area contributed by atoms with E-state index in [4.69, 9.17) is 11.6 Å². The first kappa shape index (κ1) is 12.7. The number of carbonyl (C=O) groups is 2. The van der Waals surface area contributed by atoms with Gasteiger partial charge in [-0.1, -0.05) is 11.6 Å². The fraction of sp³-hybridized carbons (Fsp3) is 0.200. The van der Waals surface area contributed by atoms with Crippen LogP contribution in [-0.2, 0) is 11.0 Å². The van der Waals surface area contributed by atoms with E-state index >= 15 is 0 Å². The van der Waals surface area contributed by atoms with Gasteiger partial charge in [0.15, 0.2) is 0 Å². The van der Waals surface area contributed by atoms with E-state index in [0.29, 0.717) is 11.0 Å². The minimum atomic E-state index is -4.57. The summed E-state index contributed by atoms with van der Waals surface area (Å²) >= 11 is 5.72. The van der Waals surface area contributed by atoms with Crippen LogP contribution in [0.2, 0.25) is 5.02 Å². The molecule has 0 aliphatic carbocycles. The van der Waals surface area contributed by atoms with Gasteiger partial charge in [-0.3, -0.25) is 4.79 Å². The molecule has 0 radical (unpaired) electrons. The van der Waals surface area contributed by atoms with Crippen LogP contribution in [0.4, 0.5) is 23.7 Å². The fourth-order valence-electron chi connectivity index (χ4n) is 1.53. The Labute approximate surface area is 104 Å². The monoisotopic (exact) mass is 278 g/mol. The Morgan fingerprint density at radius 3 is 2.44 bits per heavy atom. The van der Waals surface area contributed by atoms with Gasteiger partial charge in [0.1, 0.15) is 0 Å². The zero-order valence-corrected chi connectivity index (χ0v) is 9.47. The van der Waals surface area contributed by atoms with Gasteiger partial charge < -0.3 is 5.32 Å². The highest BCUT2D eigenvalue weighted by Crippen LogP contribution is 2.35. The molecule has 3 amide bonds. The van der Waals surface area contributed by atoms with Crippen molar-refractivity contribution in [1.29, 1.82) is 0 Å². The number of hydrogen-bond donors (Lipinski definition) is 1. The van der Waals surface area contributed by atoms with E-state index < -0.39 is 23.7 Å². The van der Waals surface area contributed by atoms with E-state index in [9.17, 15) is 22.8 Å². The van der Waals surface area contributed by atoms with E-state index in [1.807, 2.05) is 0 Å². The predicted octanol–water partition coefficient (Wildman–Crippen LogP) is 2.42. The molecule has 1 heterocycles. The Kier molecular flexibility index (Phi) is 2.94. The van der Waals surface area contributed by atoms with Crippen LogP contribution in [0, 0.1) is 0 Å². The minimum absolute atomic E-state index is 0.103. The van der Waals surface area contributed by atoms with Gasteiger partial charge in [0.25, 0.3) is 5.91 Å². The highest BCUT2D eigenvalue weighted by Gasteiger charge is 2.35. The third-order valence-electron chi connectivity index (χ3n) is 2.36. The lowest BCUT2D eigenvalue weighted by atomic mass is 10.2. The van der Waals surface area contributed by atoms with Crippen molar-refractivity contribution in [1.82, 2.24) is 5.32 Å². The quantitative estimate of drug-likeness (QED) is 0.802. The highest BCUT2D eigenvalue weighted by molar-refractivity contribution is 6.35. The Hall–Kier alpha value is -1.76. The molecular formula is C10H6ClF3N2O2. The Balaban J connectivity index is 2.50. The van der Waals surface area contributed by atoms with Gasteiger partial charge in [0, 0.05) is 0 Å². The molecule has 0 bridgehead atoms. The second-order valence-corrected chi connectivity index (χ2v) is 3.96. The van der Waals surface area contributed by atoms with E-state index in [1.165, 1.54) is 0 Å². The number of hydrogen-bond acceptors (Lipinski definition) is 2. The van der Waals surface area contributed by atoms with Gasteiger partial charge in [-0.05, 0) is 18.2 Å². The summed E-state index contributed by atoms with van der Waals surface area (Å²) in [6.45, 7) is -0.259. The molecule has 4 nitrogen and oxygen atoms in total. The lowest BCUT2D eigenvalue weighted by molar-refractivity contribution is -0.137. The highest BCUT2D eigenvalue weighted by atomic mass is 35.5. The summed E-state index contributed by atoms with van der Waals surface area (Å²) in [5.74, 6) is -0.652. The van der Waals surface area contributed by atoms with Crippen LogP contribution in [0.5, 0.6) is 0 Å². The maximum atomic E-state index is 12.5. The molecular weight excluding hydrogens is 273 g/mol. The van der Waals surface area contributed by atoms with E-state index in [1.54, 1.807) is 0 Å². The van der Waals surface area contributed by atoms with Gasteiger partial charge >= 0.3 is 12.2 Å². The molecule has 0 spiro atoms. The molecule has 1 saturated heterocycles. The maximum Gasteiger partial charge on any atom is 0.416 e. The van der Waals surface area contributed by atoms with Crippen LogP contribution in [0.25, 0.3) is 0 Å². The molecule has 1 aliphatic rings. The predicted molar refractivity (Wildman–Crippen MR) is 57.3 cm³/mol. The van der Waals surface area contributed by atoms with Crippen LogP contribution < -0.4 is 10.2 Å². The van der Waals surface area contributed by atoms with Gasteiger partial charge in [0.2, 0.25) is 0 Å². The zero-order chi connectivity index (χ0) is 13.5. The van der Waals surface area contributed by atoms with Crippen molar-refractivity contribution in [3.8, 4) is 0 Å². The number of amides is 3. The van der Waals surface area contributed by atoms with Gasteiger partial charge in [-0.2, -0.15) is 13.2 Å². The topological polar surface area (TPSA) is 49.4 Å². The molecule has 8 heteroatoms.